The normalized spacial score (nSPS) is 11.4. The van der Waals surface area contributed by atoms with E-state index in [4.69, 9.17) is 11.6 Å². The van der Waals surface area contributed by atoms with Crippen molar-refractivity contribution in [2.75, 3.05) is 13.6 Å². The van der Waals surface area contributed by atoms with Crippen molar-refractivity contribution in [1.29, 1.82) is 0 Å². The van der Waals surface area contributed by atoms with Gasteiger partial charge in [0.1, 0.15) is 0 Å². The summed E-state index contributed by atoms with van der Waals surface area (Å²) in [5.74, 6) is -0.119. The zero-order valence-electron chi connectivity index (χ0n) is 10.6. The van der Waals surface area contributed by atoms with Gasteiger partial charge in [-0.25, -0.2) is 0 Å². The van der Waals surface area contributed by atoms with E-state index >= 15 is 0 Å². The number of nitrogens with zero attached hydrogens (tertiary/aromatic N) is 1. The van der Waals surface area contributed by atoms with Crippen LogP contribution in [0.4, 0.5) is 0 Å². The van der Waals surface area contributed by atoms with Gasteiger partial charge in [0.15, 0.2) is 0 Å². The molecular formula is C13H18ClNO2. The predicted molar refractivity (Wildman–Crippen MR) is 69.4 cm³/mol. The van der Waals surface area contributed by atoms with Crippen molar-refractivity contribution in [1.82, 2.24) is 4.90 Å². The Bertz CT molecular complexity index is 424. The van der Waals surface area contributed by atoms with Gasteiger partial charge in [-0.1, -0.05) is 11.6 Å². The fourth-order valence-electron chi connectivity index (χ4n) is 1.65. The molecule has 0 bridgehead atoms. The summed E-state index contributed by atoms with van der Waals surface area (Å²) in [6.07, 6.45) is 0. The summed E-state index contributed by atoms with van der Waals surface area (Å²) in [5, 5.41) is 10.3. The maximum absolute atomic E-state index is 12.1. The lowest BCUT2D eigenvalue weighted by Gasteiger charge is -2.25. The molecule has 1 N–H and O–H groups in total. The van der Waals surface area contributed by atoms with Crippen LogP contribution in [-0.4, -0.2) is 35.1 Å². The van der Waals surface area contributed by atoms with Crippen LogP contribution in [0, 0.1) is 6.92 Å². The summed E-state index contributed by atoms with van der Waals surface area (Å²) < 4.78 is 0. The Hall–Kier alpha value is -1.06. The first-order valence-corrected chi connectivity index (χ1v) is 5.82. The summed E-state index contributed by atoms with van der Waals surface area (Å²) in [6, 6.07) is 5.16. The molecule has 1 aromatic carbocycles. The number of carbonyl (C=O) groups excluding carboxylic acids is 1. The number of hydrogen-bond donors (Lipinski definition) is 1. The Morgan fingerprint density at radius 2 is 2.06 bits per heavy atom. The van der Waals surface area contributed by atoms with Crippen molar-refractivity contribution in [2.45, 2.75) is 26.4 Å². The first-order valence-electron chi connectivity index (χ1n) is 5.45. The number of rotatable bonds is 3. The number of halogens is 1. The highest BCUT2D eigenvalue weighted by atomic mass is 35.5. The lowest BCUT2D eigenvalue weighted by Crippen LogP contribution is -2.39. The molecule has 4 heteroatoms. The molecule has 17 heavy (non-hydrogen) atoms. The van der Waals surface area contributed by atoms with Gasteiger partial charge in [0.2, 0.25) is 0 Å². The summed E-state index contributed by atoms with van der Waals surface area (Å²) >= 11 is 5.91. The van der Waals surface area contributed by atoms with Gasteiger partial charge < -0.3 is 10.0 Å². The van der Waals surface area contributed by atoms with E-state index in [0.717, 1.165) is 5.56 Å². The monoisotopic (exact) mass is 255 g/mol. The zero-order valence-corrected chi connectivity index (χ0v) is 11.4. The van der Waals surface area contributed by atoms with Gasteiger partial charge in [-0.3, -0.25) is 4.79 Å². The molecule has 1 rings (SSSR count). The highest BCUT2D eigenvalue weighted by Crippen LogP contribution is 2.17. The minimum atomic E-state index is -0.897. The molecule has 1 aromatic rings. The number of carbonyl (C=O) groups is 1. The van der Waals surface area contributed by atoms with Crippen LogP contribution >= 0.6 is 11.6 Å². The Morgan fingerprint density at radius 3 is 2.53 bits per heavy atom. The van der Waals surface area contributed by atoms with Crippen molar-refractivity contribution >= 4 is 17.5 Å². The van der Waals surface area contributed by atoms with Gasteiger partial charge >= 0.3 is 0 Å². The van der Waals surface area contributed by atoms with Crippen LogP contribution < -0.4 is 0 Å². The first kappa shape index (κ1) is 14.0. The van der Waals surface area contributed by atoms with Gasteiger partial charge in [-0.15, -0.1) is 0 Å². The minimum absolute atomic E-state index is 0.119. The molecular weight excluding hydrogens is 238 g/mol. The second kappa shape index (κ2) is 5.07. The zero-order chi connectivity index (χ0) is 13.2. The van der Waals surface area contributed by atoms with Crippen LogP contribution in [0.15, 0.2) is 18.2 Å². The topological polar surface area (TPSA) is 40.5 Å². The van der Waals surface area contributed by atoms with E-state index in [-0.39, 0.29) is 12.5 Å². The van der Waals surface area contributed by atoms with Crippen LogP contribution in [0.2, 0.25) is 5.02 Å². The Labute approximate surface area is 107 Å². The number of aliphatic hydroxyl groups is 1. The first-order chi connectivity index (χ1) is 7.70. The molecule has 0 aliphatic rings. The molecule has 0 spiro atoms. The summed E-state index contributed by atoms with van der Waals surface area (Å²) in [6.45, 7) is 5.48. The van der Waals surface area contributed by atoms with Crippen molar-refractivity contribution in [3.05, 3.63) is 34.3 Å². The predicted octanol–water partition coefficient (Wildman–Crippen LogP) is 2.49. The van der Waals surface area contributed by atoms with Gasteiger partial charge in [-0.2, -0.15) is 0 Å². The fourth-order valence-corrected chi connectivity index (χ4v) is 1.77. The second-order valence-corrected chi connectivity index (χ2v) is 5.34. The third kappa shape index (κ3) is 4.02. The SMILES string of the molecule is Cc1cc(C(=O)N(C)CC(C)(C)O)ccc1Cl. The van der Waals surface area contributed by atoms with E-state index in [1.165, 1.54) is 4.90 Å². The van der Waals surface area contributed by atoms with E-state index in [2.05, 4.69) is 0 Å². The molecule has 0 aliphatic carbocycles. The lowest BCUT2D eigenvalue weighted by molar-refractivity contribution is 0.0368. The Kier molecular flexibility index (Phi) is 4.17. The summed E-state index contributed by atoms with van der Waals surface area (Å²) in [4.78, 5) is 13.6. The maximum Gasteiger partial charge on any atom is 0.253 e. The van der Waals surface area contributed by atoms with E-state index in [0.29, 0.717) is 10.6 Å². The van der Waals surface area contributed by atoms with Crippen molar-refractivity contribution in [2.24, 2.45) is 0 Å². The van der Waals surface area contributed by atoms with Gasteiger partial charge in [0.05, 0.1) is 5.60 Å². The smallest absolute Gasteiger partial charge is 0.253 e. The molecule has 0 atom stereocenters. The molecule has 1 amide bonds. The van der Waals surface area contributed by atoms with E-state index in [9.17, 15) is 9.90 Å². The van der Waals surface area contributed by atoms with Crippen molar-refractivity contribution < 1.29 is 9.90 Å². The van der Waals surface area contributed by atoms with Crippen LogP contribution in [0.25, 0.3) is 0 Å². The Morgan fingerprint density at radius 1 is 1.47 bits per heavy atom. The quantitative estimate of drug-likeness (QED) is 0.902. The highest BCUT2D eigenvalue weighted by molar-refractivity contribution is 6.31. The molecule has 0 fully saturated rings. The molecule has 0 saturated heterocycles. The van der Waals surface area contributed by atoms with Crippen LogP contribution in [0.1, 0.15) is 29.8 Å². The maximum atomic E-state index is 12.1. The van der Waals surface area contributed by atoms with E-state index < -0.39 is 5.60 Å². The number of amides is 1. The average molecular weight is 256 g/mol. The number of likely N-dealkylation sites (N-methyl/N-ethyl adjacent to an activating group) is 1. The molecule has 3 nitrogen and oxygen atoms in total. The van der Waals surface area contributed by atoms with Crippen LogP contribution in [0.5, 0.6) is 0 Å². The molecule has 0 aliphatic heterocycles. The fraction of sp³-hybridized carbons (Fsp3) is 0.462. The second-order valence-electron chi connectivity index (χ2n) is 4.94. The standard InChI is InChI=1S/C13H18ClNO2/c1-9-7-10(5-6-11(9)14)12(16)15(4)8-13(2,3)17/h5-7,17H,8H2,1-4H3. The lowest BCUT2D eigenvalue weighted by atomic mass is 10.1. The largest absolute Gasteiger partial charge is 0.389 e. The highest BCUT2D eigenvalue weighted by Gasteiger charge is 2.20. The average Bonchev–Trinajstić information content (AvgIpc) is 2.18. The van der Waals surface area contributed by atoms with E-state index in [1.807, 2.05) is 6.92 Å². The number of hydrogen-bond acceptors (Lipinski definition) is 2. The molecule has 94 valence electrons. The van der Waals surface area contributed by atoms with Gasteiger partial charge in [0.25, 0.3) is 5.91 Å². The Balaban J connectivity index is 2.85. The molecule has 0 radical (unpaired) electrons. The molecule has 0 unspecified atom stereocenters. The molecule has 0 saturated carbocycles. The molecule has 0 heterocycles. The van der Waals surface area contributed by atoms with Gasteiger partial charge in [0, 0.05) is 24.2 Å². The summed E-state index contributed by atoms with van der Waals surface area (Å²) in [7, 11) is 1.67. The summed E-state index contributed by atoms with van der Waals surface area (Å²) in [5.41, 5.74) is 0.555. The number of aryl methyl sites for hydroxylation is 1. The van der Waals surface area contributed by atoms with E-state index in [1.54, 1.807) is 39.1 Å². The van der Waals surface area contributed by atoms with Crippen molar-refractivity contribution in [3.8, 4) is 0 Å². The van der Waals surface area contributed by atoms with Crippen LogP contribution in [0.3, 0.4) is 0 Å². The van der Waals surface area contributed by atoms with Gasteiger partial charge in [-0.05, 0) is 44.5 Å². The van der Waals surface area contributed by atoms with Crippen LogP contribution in [-0.2, 0) is 0 Å². The third-order valence-electron chi connectivity index (χ3n) is 2.38. The third-order valence-corrected chi connectivity index (χ3v) is 2.80. The van der Waals surface area contributed by atoms with Crippen molar-refractivity contribution in [3.63, 3.8) is 0 Å². The molecule has 0 aromatic heterocycles. The number of benzene rings is 1. The minimum Gasteiger partial charge on any atom is -0.389 e.